The Labute approximate surface area is 274 Å². The van der Waals surface area contributed by atoms with Crippen LogP contribution >= 0.6 is 23.2 Å². The molecule has 7 rings (SSSR count). The monoisotopic (exact) mass is 666 g/mol. The largest absolute Gasteiger partial charge is 0.472 e. The molecular formula is C33H29Cl2FN4O6. The summed E-state index contributed by atoms with van der Waals surface area (Å²) in [4.78, 5) is 29.8. The standard InChI is InChI=1S/C33H29Cl2FN4O6/c1-43-33(42)24-13-27(36)23(14-28(24)38-6-9-44-10-7-38)22-4-2-3-19-16-39(18-46-31(19)22)32(41)30-25(34)11-20(12-26(30)35)21-15-37-40(17-21)29-5-8-45-29/h2-4,11-15,17,29H,5-10,16,18H2,1H3. The zero-order valence-corrected chi connectivity index (χ0v) is 26.3. The molecule has 0 bridgehead atoms. The van der Waals surface area contributed by atoms with Crippen molar-refractivity contribution in [2.45, 2.75) is 19.2 Å². The maximum Gasteiger partial charge on any atom is 0.340 e. The van der Waals surface area contributed by atoms with Gasteiger partial charge in [0.05, 0.1) is 66.5 Å². The van der Waals surface area contributed by atoms with Gasteiger partial charge in [-0.1, -0.05) is 41.4 Å². The molecular weight excluding hydrogens is 638 g/mol. The normalized spacial score (nSPS) is 17.6. The van der Waals surface area contributed by atoms with Gasteiger partial charge in [-0.3, -0.25) is 4.79 Å². The van der Waals surface area contributed by atoms with Crippen molar-refractivity contribution in [3.8, 4) is 28.0 Å². The van der Waals surface area contributed by atoms with E-state index in [2.05, 4.69) is 5.10 Å². The molecule has 4 aromatic rings. The molecule has 3 aliphatic rings. The second kappa shape index (κ2) is 12.6. The zero-order valence-electron chi connectivity index (χ0n) is 24.8. The number of fused-ring (bicyclic) bond motifs is 1. The van der Waals surface area contributed by atoms with Crippen LogP contribution in [0.4, 0.5) is 10.1 Å². The Morgan fingerprint density at radius 2 is 1.78 bits per heavy atom. The Hall–Kier alpha value is -4.16. The van der Waals surface area contributed by atoms with Crippen LogP contribution in [0.25, 0.3) is 22.3 Å². The highest BCUT2D eigenvalue weighted by atomic mass is 35.5. The average Bonchev–Trinajstić information content (AvgIpc) is 3.52. The third-order valence-corrected chi connectivity index (χ3v) is 9.00. The van der Waals surface area contributed by atoms with E-state index in [4.69, 9.17) is 42.1 Å². The lowest BCUT2D eigenvalue weighted by atomic mass is 9.97. The highest BCUT2D eigenvalue weighted by Gasteiger charge is 2.30. The Kier molecular flexibility index (Phi) is 8.33. The van der Waals surface area contributed by atoms with Crippen LogP contribution in [0.2, 0.25) is 10.0 Å². The smallest absolute Gasteiger partial charge is 0.340 e. The first-order valence-electron chi connectivity index (χ1n) is 14.8. The number of aromatic nitrogens is 2. The maximum absolute atomic E-state index is 15.7. The number of benzene rings is 3. The molecule has 3 aromatic carbocycles. The van der Waals surface area contributed by atoms with E-state index in [0.717, 1.165) is 17.5 Å². The number of hydrogen-bond acceptors (Lipinski definition) is 8. The first-order chi connectivity index (χ1) is 22.3. The number of hydrogen-bond donors (Lipinski definition) is 0. The van der Waals surface area contributed by atoms with Gasteiger partial charge in [0.25, 0.3) is 5.91 Å². The Morgan fingerprint density at radius 1 is 1.02 bits per heavy atom. The molecule has 0 spiro atoms. The molecule has 1 aromatic heterocycles. The van der Waals surface area contributed by atoms with Gasteiger partial charge in [0, 0.05) is 48.0 Å². The van der Waals surface area contributed by atoms with Crippen molar-refractivity contribution in [1.82, 2.24) is 14.7 Å². The van der Waals surface area contributed by atoms with E-state index < -0.39 is 17.7 Å². The quantitative estimate of drug-likeness (QED) is 0.225. The first-order valence-corrected chi connectivity index (χ1v) is 15.5. The number of nitrogens with zero attached hydrogens (tertiary/aromatic N) is 4. The summed E-state index contributed by atoms with van der Waals surface area (Å²) >= 11 is 13.3. The van der Waals surface area contributed by atoms with Crippen molar-refractivity contribution < 1.29 is 32.9 Å². The number of morpholine rings is 1. The highest BCUT2D eigenvalue weighted by molar-refractivity contribution is 6.40. The van der Waals surface area contributed by atoms with Crippen LogP contribution in [-0.4, -0.2) is 73.3 Å². The van der Waals surface area contributed by atoms with Crippen molar-refractivity contribution in [2.24, 2.45) is 0 Å². The van der Waals surface area contributed by atoms with Crippen molar-refractivity contribution in [3.05, 3.63) is 87.4 Å². The van der Waals surface area contributed by atoms with Gasteiger partial charge < -0.3 is 28.7 Å². The molecule has 238 valence electrons. The minimum atomic E-state index is -0.629. The van der Waals surface area contributed by atoms with Crippen LogP contribution in [0.5, 0.6) is 5.75 Å². The van der Waals surface area contributed by atoms with Crippen LogP contribution in [-0.2, 0) is 20.8 Å². The van der Waals surface area contributed by atoms with E-state index in [-0.39, 0.29) is 46.2 Å². The van der Waals surface area contributed by atoms with Crippen molar-refractivity contribution in [3.63, 3.8) is 0 Å². The molecule has 0 aliphatic carbocycles. The van der Waals surface area contributed by atoms with Gasteiger partial charge in [-0.25, -0.2) is 13.9 Å². The molecule has 0 saturated carbocycles. The lowest BCUT2D eigenvalue weighted by Gasteiger charge is -2.32. The predicted octanol–water partition coefficient (Wildman–Crippen LogP) is 6.20. The molecule has 2 fully saturated rings. The van der Waals surface area contributed by atoms with Crippen LogP contribution < -0.4 is 9.64 Å². The van der Waals surface area contributed by atoms with E-state index in [9.17, 15) is 9.59 Å². The van der Waals surface area contributed by atoms with E-state index in [1.807, 2.05) is 17.2 Å². The molecule has 2 saturated heterocycles. The Bertz CT molecular complexity index is 1820. The van der Waals surface area contributed by atoms with E-state index in [0.29, 0.717) is 55.5 Å². The van der Waals surface area contributed by atoms with Gasteiger partial charge in [0.1, 0.15) is 11.6 Å². The number of ether oxygens (including phenoxy) is 4. The second-order valence-corrected chi connectivity index (χ2v) is 12.0. The maximum atomic E-state index is 15.7. The van der Waals surface area contributed by atoms with Crippen LogP contribution in [0.15, 0.2) is 54.9 Å². The summed E-state index contributed by atoms with van der Waals surface area (Å²) in [6, 6.07) is 11.6. The van der Waals surface area contributed by atoms with E-state index in [1.54, 1.807) is 41.2 Å². The number of carbonyl (C=O) groups excluding carboxylic acids is 2. The summed E-state index contributed by atoms with van der Waals surface area (Å²) in [6.45, 7) is 2.84. The number of esters is 1. The van der Waals surface area contributed by atoms with Crippen molar-refractivity contribution in [1.29, 1.82) is 0 Å². The van der Waals surface area contributed by atoms with Crippen LogP contribution in [0.3, 0.4) is 0 Å². The Balaban J connectivity index is 1.16. The third kappa shape index (κ3) is 5.57. The van der Waals surface area contributed by atoms with Crippen molar-refractivity contribution in [2.75, 3.05) is 51.7 Å². The molecule has 13 heteroatoms. The topological polar surface area (TPSA) is 95.4 Å². The Morgan fingerprint density at radius 3 is 2.48 bits per heavy atom. The fourth-order valence-corrected chi connectivity index (χ4v) is 6.55. The second-order valence-electron chi connectivity index (χ2n) is 11.1. The summed E-state index contributed by atoms with van der Waals surface area (Å²) < 4.78 is 39.4. The predicted molar refractivity (Wildman–Crippen MR) is 169 cm³/mol. The highest BCUT2D eigenvalue weighted by Crippen LogP contribution is 2.41. The molecule has 0 radical (unpaired) electrons. The molecule has 4 heterocycles. The van der Waals surface area contributed by atoms with Gasteiger partial charge >= 0.3 is 5.97 Å². The van der Waals surface area contributed by atoms with Crippen LogP contribution in [0.1, 0.15) is 38.9 Å². The number of anilines is 1. The molecule has 1 amide bonds. The van der Waals surface area contributed by atoms with Gasteiger partial charge in [0.2, 0.25) is 0 Å². The summed E-state index contributed by atoms with van der Waals surface area (Å²) in [5, 5.41) is 4.76. The molecule has 1 unspecified atom stereocenters. The first kappa shape index (κ1) is 30.5. The fourth-order valence-electron chi connectivity index (χ4n) is 5.90. The summed E-state index contributed by atoms with van der Waals surface area (Å²) in [5.74, 6) is -1.18. The molecule has 10 nitrogen and oxygen atoms in total. The number of halogens is 3. The summed E-state index contributed by atoms with van der Waals surface area (Å²) in [5.41, 5.74) is 3.80. The lowest BCUT2D eigenvalue weighted by molar-refractivity contribution is -0.106. The number of amides is 1. The zero-order chi connectivity index (χ0) is 31.9. The average molecular weight is 668 g/mol. The lowest BCUT2D eigenvalue weighted by Crippen LogP contribution is -2.37. The number of carbonyl (C=O) groups is 2. The molecule has 1 atom stereocenters. The van der Waals surface area contributed by atoms with Gasteiger partial charge in [-0.15, -0.1) is 0 Å². The molecule has 0 N–H and O–H groups in total. The van der Waals surface area contributed by atoms with E-state index in [1.165, 1.54) is 18.1 Å². The molecule has 3 aliphatic heterocycles. The minimum Gasteiger partial charge on any atom is -0.472 e. The summed E-state index contributed by atoms with van der Waals surface area (Å²) in [6.07, 6.45) is 4.37. The summed E-state index contributed by atoms with van der Waals surface area (Å²) in [7, 11) is 1.27. The van der Waals surface area contributed by atoms with Gasteiger partial charge in [0.15, 0.2) is 13.0 Å². The van der Waals surface area contributed by atoms with Crippen LogP contribution in [0, 0.1) is 5.82 Å². The SMILES string of the molecule is COC(=O)c1cc(F)c(-c2cccc3c2OCN(C(=O)c2c(Cl)cc(-c4cnn(C5CCO5)c4)cc2Cl)C3)cc1N1CCOCC1. The third-order valence-electron chi connectivity index (χ3n) is 8.40. The molecule has 46 heavy (non-hydrogen) atoms. The van der Waals surface area contributed by atoms with E-state index >= 15 is 4.39 Å². The minimum absolute atomic E-state index is 0.0782. The fraction of sp³-hybridized carbons (Fsp3) is 0.303. The van der Waals surface area contributed by atoms with Crippen molar-refractivity contribution >= 4 is 40.8 Å². The van der Waals surface area contributed by atoms with Gasteiger partial charge in [-0.05, 0) is 29.8 Å². The number of para-hydroxylation sites is 1. The number of methoxy groups -OCH3 is 1. The van der Waals surface area contributed by atoms with Gasteiger partial charge in [-0.2, -0.15) is 5.10 Å². The number of rotatable bonds is 6.